The first kappa shape index (κ1) is 16.1. The monoisotopic (exact) mass is 336 g/mol. The van der Waals surface area contributed by atoms with E-state index < -0.39 is 0 Å². The Bertz CT molecular complexity index is 881. The number of thiazole rings is 1. The lowest BCUT2D eigenvalue weighted by Gasteiger charge is -2.08. The Morgan fingerprint density at radius 1 is 0.917 bits per heavy atom. The molecule has 0 unspecified atom stereocenters. The molecule has 0 aliphatic carbocycles. The summed E-state index contributed by atoms with van der Waals surface area (Å²) in [4.78, 5) is 30.6. The normalized spacial score (nSPS) is 10.4. The summed E-state index contributed by atoms with van der Waals surface area (Å²) in [6, 6.07) is 15.8. The number of nitrogens with one attached hydrogen (secondary N) is 1. The van der Waals surface area contributed by atoms with Crippen LogP contribution in [0.25, 0.3) is 0 Å². The van der Waals surface area contributed by atoms with Crippen molar-refractivity contribution in [3.63, 3.8) is 0 Å². The van der Waals surface area contributed by atoms with Gasteiger partial charge in [-0.15, -0.1) is 11.3 Å². The van der Waals surface area contributed by atoms with Crippen molar-refractivity contribution in [1.82, 2.24) is 4.98 Å². The van der Waals surface area contributed by atoms with E-state index in [0.29, 0.717) is 21.8 Å². The van der Waals surface area contributed by atoms with Crippen LogP contribution >= 0.6 is 11.3 Å². The second-order valence-electron chi connectivity index (χ2n) is 5.36. The molecule has 120 valence electrons. The van der Waals surface area contributed by atoms with Gasteiger partial charge in [0.15, 0.2) is 10.9 Å². The summed E-state index contributed by atoms with van der Waals surface area (Å²) in [5.74, 6) is -0.503. The molecule has 0 saturated carbocycles. The van der Waals surface area contributed by atoms with Crippen LogP contribution in [0.2, 0.25) is 0 Å². The second kappa shape index (κ2) is 6.76. The molecule has 0 atom stereocenters. The van der Waals surface area contributed by atoms with E-state index >= 15 is 0 Å². The molecule has 4 nitrogen and oxygen atoms in total. The maximum atomic E-state index is 12.7. The number of nitrogens with zero attached hydrogens (tertiary/aromatic N) is 1. The van der Waals surface area contributed by atoms with Gasteiger partial charge in [0.05, 0.1) is 11.3 Å². The lowest BCUT2D eigenvalue weighted by Crippen LogP contribution is -2.16. The van der Waals surface area contributed by atoms with Gasteiger partial charge in [-0.25, -0.2) is 4.98 Å². The van der Waals surface area contributed by atoms with E-state index in [1.165, 1.54) is 11.3 Å². The Kier molecular flexibility index (Phi) is 4.53. The summed E-state index contributed by atoms with van der Waals surface area (Å²) in [5.41, 5.74) is 2.17. The van der Waals surface area contributed by atoms with Crippen LogP contribution in [0.5, 0.6) is 0 Å². The fourth-order valence-corrected chi connectivity index (χ4v) is 3.12. The Morgan fingerprint density at radius 3 is 2.17 bits per heavy atom. The van der Waals surface area contributed by atoms with Gasteiger partial charge < -0.3 is 0 Å². The molecule has 0 spiro atoms. The highest BCUT2D eigenvalue weighted by molar-refractivity contribution is 7.15. The molecule has 24 heavy (non-hydrogen) atoms. The van der Waals surface area contributed by atoms with Gasteiger partial charge in [0.25, 0.3) is 5.91 Å². The van der Waals surface area contributed by atoms with Crippen LogP contribution in [0.1, 0.15) is 36.9 Å². The van der Waals surface area contributed by atoms with Gasteiger partial charge in [-0.3, -0.25) is 14.9 Å². The first-order valence-corrected chi connectivity index (χ1v) is 8.32. The van der Waals surface area contributed by atoms with Crippen LogP contribution in [0.15, 0.2) is 54.6 Å². The molecule has 1 heterocycles. The minimum atomic E-state index is -0.330. The molecule has 3 rings (SSSR count). The smallest absolute Gasteiger partial charge is 0.258 e. The third-order valence-corrected chi connectivity index (χ3v) is 4.69. The molecule has 1 aromatic heterocycles. The molecular formula is C19H16N2O2S. The minimum Gasteiger partial charge on any atom is -0.298 e. The summed E-state index contributed by atoms with van der Waals surface area (Å²) in [6.45, 7) is 3.85. The highest BCUT2D eigenvalue weighted by Crippen LogP contribution is 2.23. The molecular weight excluding hydrogens is 320 g/mol. The van der Waals surface area contributed by atoms with Crippen molar-refractivity contribution in [2.75, 3.05) is 5.32 Å². The molecule has 0 aliphatic rings. The number of rotatable bonds is 4. The van der Waals surface area contributed by atoms with Gasteiger partial charge in [0.1, 0.15) is 0 Å². The molecule has 1 amide bonds. The summed E-state index contributed by atoms with van der Waals surface area (Å²) in [5, 5.41) is 3.32. The van der Waals surface area contributed by atoms with Crippen molar-refractivity contribution in [1.29, 1.82) is 0 Å². The number of aryl methyl sites for hydroxylation is 2. The van der Waals surface area contributed by atoms with Gasteiger partial charge in [-0.1, -0.05) is 48.5 Å². The summed E-state index contributed by atoms with van der Waals surface area (Å²) >= 11 is 1.42. The lowest BCUT2D eigenvalue weighted by molar-refractivity contribution is 0.0996. The molecule has 0 saturated heterocycles. The quantitative estimate of drug-likeness (QED) is 0.725. The van der Waals surface area contributed by atoms with Crippen molar-refractivity contribution in [2.45, 2.75) is 13.8 Å². The maximum absolute atomic E-state index is 12.7. The van der Waals surface area contributed by atoms with Crippen molar-refractivity contribution in [3.05, 3.63) is 81.9 Å². The summed E-state index contributed by atoms with van der Waals surface area (Å²) in [7, 11) is 0. The largest absolute Gasteiger partial charge is 0.298 e. The molecule has 1 N–H and O–H groups in total. The average Bonchev–Trinajstić information content (AvgIpc) is 2.92. The number of ketones is 1. The van der Waals surface area contributed by atoms with Crippen molar-refractivity contribution in [3.8, 4) is 0 Å². The van der Waals surface area contributed by atoms with Gasteiger partial charge in [0.2, 0.25) is 0 Å². The molecule has 2 aromatic carbocycles. The molecule has 5 heteroatoms. The van der Waals surface area contributed by atoms with Crippen molar-refractivity contribution < 1.29 is 9.59 Å². The molecule has 0 fully saturated rings. The van der Waals surface area contributed by atoms with Crippen molar-refractivity contribution in [2.24, 2.45) is 0 Å². The number of carbonyl (C=O) groups excluding carboxylic acids is 2. The van der Waals surface area contributed by atoms with Gasteiger partial charge in [-0.2, -0.15) is 0 Å². The van der Waals surface area contributed by atoms with Crippen LogP contribution in [-0.2, 0) is 0 Å². The third kappa shape index (κ3) is 3.26. The van der Waals surface area contributed by atoms with E-state index in [0.717, 1.165) is 10.6 Å². The van der Waals surface area contributed by atoms with E-state index in [2.05, 4.69) is 10.3 Å². The number of aromatic nitrogens is 1. The second-order valence-corrected chi connectivity index (χ2v) is 6.56. The number of hydrogen-bond acceptors (Lipinski definition) is 4. The number of amides is 1. The lowest BCUT2D eigenvalue weighted by atomic mass is 9.98. The zero-order valence-electron chi connectivity index (χ0n) is 13.4. The van der Waals surface area contributed by atoms with Gasteiger partial charge in [0, 0.05) is 16.0 Å². The van der Waals surface area contributed by atoms with E-state index in [-0.39, 0.29) is 11.7 Å². The Hall–Kier alpha value is -2.79. The van der Waals surface area contributed by atoms with Crippen LogP contribution in [0.4, 0.5) is 5.13 Å². The average molecular weight is 336 g/mol. The highest BCUT2D eigenvalue weighted by atomic mass is 32.1. The van der Waals surface area contributed by atoms with E-state index in [4.69, 9.17) is 0 Å². The Morgan fingerprint density at radius 2 is 1.54 bits per heavy atom. The molecule has 0 bridgehead atoms. The summed E-state index contributed by atoms with van der Waals surface area (Å²) in [6.07, 6.45) is 0. The number of anilines is 1. The third-order valence-electron chi connectivity index (χ3n) is 3.70. The van der Waals surface area contributed by atoms with Gasteiger partial charge >= 0.3 is 0 Å². The predicted molar refractivity (Wildman–Crippen MR) is 95.9 cm³/mol. The topological polar surface area (TPSA) is 59.1 Å². The number of carbonyl (C=O) groups is 2. The van der Waals surface area contributed by atoms with E-state index in [1.54, 1.807) is 48.5 Å². The van der Waals surface area contributed by atoms with E-state index in [9.17, 15) is 9.59 Å². The first-order valence-electron chi connectivity index (χ1n) is 7.50. The van der Waals surface area contributed by atoms with Crippen LogP contribution in [0, 0.1) is 13.8 Å². The SMILES string of the molecule is Cc1nc(NC(=O)c2ccccc2C(=O)c2ccccc2)sc1C. The highest BCUT2D eigenvalue weighted by Gasteiger charge is 2.19. The van der Waals surface area contributed by atoms with Gasteiger partial charge in [-0.05, 0) is 19.9 Å². The Balaban J connectivity index is 1.91. The zero-order chi connectivity index (χ0) is 17.1. The molecule has 0 radical (unpaired) electrons. The predicted octanol–water partition coefficient (Wildman–Crippen LogP) is 4.24. The fraction of sp³-hybridized carbons (Fsp3) is 0.105. The van der Waals surface area contributed by atoms with Crippen molar-refractivity contribution >= 4 is 28.2 Å². The van der Waals surface area contributed by atoms with Crippen LogP contribution in [-0.4, -0.2) is 16.7 Å². The first-order chi connectivity index (χ1) is 11.6. The summed E-state index contributed by atoms with van der Waals surface area (Å²) < 4.78 is 0. The van der Waals surface area contributed by atoms with Crippen LogP contribution in [0.3, 0.4) is 0 Å². The molecule has 0 aliphatic heterocycles. The zero-order valence-corrected chi connectivity index (χ0v) is 14.2. The number of benzene rings is 2. The standard InChI is InChI=1S/C19H16N2O2S/c1-12-13(2)24-19(20-12)21-18(23)16-11-7-6-10-15(16)17(22)14-8-4-3-5-9-14/h3-11H,1-2H3,(H,20,21,23). The van der Waals surface area contributed by atoms with E-state index in [1.807, 2.05) is 19.9 Å². The maximum Gasteiger partial charge on any atom is 0.258 e. The molecule has 3 aromatic rings. The number of hydrogen-bond donors (Lipinski definition) is 1. The van der Waals surface area contributed by atoms with Crippen LogP contribution < -0.4 is 5.32 Å². The minimum absolute atomic E-state index is 0.173. The Labute approximate surface area is 144 Å². The fourth-order valence-electron chi connectivity index (χ4n) is 2.31.